The van der Waals surface area contributed by atoms with Crippen molar-refractivity contribution in [3.63, 3.8) is 0 Å². The van der Waals surface area contributed by atoms with Crippen molar-refractivity contribution in [2.75, 3.05) is 19.6 Å². The number of likely N-dealkylation sites (tertiary alicyclic amines) is 1. The van der Waals surface area contributed by atoms with E-state index in [1.54, 1.807) is 11.0 Å². The van der Waals surface area contributed by atoms with Gasteiger partial charge in [0.25, 0.3) is 0 Å². The minimum Gasteiger partial charge on any atom is -0.338 e. The minimum atomic E-state index is 0.0356. The maximum Gasteiger partial charge on any atom is 0.317 e. The quantitative estimate of drug-likeness (QED) is 0.794. The number of rotatable bonds is 3. The van der Waals surface area contributed by atoms with Crippen LogP contribution in [-0.2, 0) is 13.5 Å². The maximum atomic E-state index is 11.6. The van der Waals surface area contributed by atoms with Gasteiger partial charge in [0.05, 0.1) is 0 Å². The molecule has 0 atom stereocenters. The summed E-state index contributed by atoms with van der Waals surface area (Å²) in [4.78, 5) is 17.6. The van der Waals surface area contributed by atoms with Gasteiger partial charge in [-0.1, -0.05) is 0 Å². The Morgan fingerprint density at radius 2 is 2.25 bits per heavy atom. The van der Waals surface area contributed by atoms with Crippen molar-refractivity contribution in [2.24, 2.45) is 7.05 Å². The highest BCUT2D eigenvalue weighted by molar-refractivity contribution is 5.74. The number of hydrogen-bond donors (Lipinski definition) is 1. The lowest BCUT2D eigenvalue weighted by Gasteiger charge is -2.15. The lowest BCUT2D eigenvalue weighted by Crippen LogP contribution is -2.38. The van der Waals surface area contributed by atoms with Crippen LogP contribution in [0.4, 0.5) is 4.79 Å². The maximum absolute atomic E-state index is 11.6. The van der Waals surface area contributed by atoms with Gasteiger partial charge in [-0.2, -0.15) is 5.10 Å². The Morgan fingerprint density at radius 3 is 2.88 bits per heavy atom. The SMILES string of the molecule is Cn1cnc(CCNC(=O)N2CCCC2)n1. The molecule has 1 N–H and O–H groups in total. The summed E-state index contributed by atoms with van der Waals surface area (Å²) < 4.78 is 1.66. The standard InChI is InChI=1S/C10H17N5O/c1-14-8-12-9(13-14)4-5-11-10(16)15-6-2-3-7-15/h8H,2-7H2,1H3,(H,11,16). The Hall–Kier alpha value is -1.59. The summed E-state index contributed by atoms with van der Waals surface area (Å²) in [5, 5.41) is 7.03. The normalized spacial score (nSPS) is 15.4. The summed E-state index contributed by atoms with van der Waals surface area (Å²) in [7, 11) is 1.83. The number of carbonyl (C=O) groups is 1. The van der Waals surface area contributed by atoms with E-state index >= 15 is 0 Å². The van der Waals surface area contributed by atoms with Crippen molar-refractivity contribution in [3.05, 3.63) is 12.2 Å². The number of carbonyl (C=O) groups excluding carboxylic acids is 1. The molecule has 1 aromatic rings. The van der Waals surface area contributed by atoms with Gasteiger partial charge in [-0.05, 0) is 12.8 Å². The molecule has 2 heterocycles. The third-order valence-electron chi connectivity index (χ3n) is 2.67. The van der Waals surface area contributed by atoms with Crippen molar-refractivity contribution in [2.45, 2.75) is 19.3 Å². The Morgan fingerprint density at radius 1 is 1.50 bits per heavy atom. The van der Waals surface area contributed by atoms with Gasteiger partial charge in [0.1, 0.15) is 6.33 Å². The highest BCUT2D eigenvalue weighted by Gasteiger charge is 2.16. The van der Waals surface area contributed by atoms with Gasteiger partial charge in [0.15, 0.2) is 5.82 Å². The summed E-state index contributed by atoms with van der Waals surface area (Å²) in [6.07, 6.45) is 4.59. The van der Waals surface area contributed by atoms with E-state index in [4.69, 9.17) is 0 Å². The predicted octanol–water partition coefficient (Wildman–Crippen LogP) is 0.163. The topological polar surface area (TPSA) is 63.1 Å². The number of hydrogen-bond acceptors (Lipinski definition) is 3. The van der Waals surface area contributed by atoms with E-state index in [0.717, 1.165) is 31.8 Å². The zero-order valence-corrected chi connectivity index (χ0v) is 9.52. The first-order valence-corrected chi connectivity index (χ1v) is 5.63. The third-order valence-corrected chi connectivity index (χ3v) is 2.67. The number of urea groups is 1. The summed E-state index contributed by atoms with van der Waals surface area (Å²) in [6, 6.07) is 0.0356. The van der Waals surface area contributed by atoms with Crippen LogP contribution in [0, 0.1) is 0 Å². The molecule has 1 aromatic heterocycles. The Labute approximate surface area is 94.6 Å². The molecule has 0 aromatic carbocycles. The fraction of sp³-hybridized carbons (Fsp3) is 0.700. The number of aryl methyl sites for hydroxylation is 1. The van der Waals surface area contributed by atoms with Crippen LogP contribution in [0.5, 0.6) is 0 Å². The smallest absolute Gasteiger partial charge is 0.317 e. The molecule has 16 heavy (non-hydrogen) atoms. The summed E-state index contributed by atoms with van der Waals surface area (Å²) in [5.41, 5.74) is 0. The molecule has 0 spiro atoms. The van der Waals surface area contributed by atoms with Crippen LogP contribution in [0.25, 0.3) is 0 Å². The van der Waals surface area contributed by atoms with Gasteiger partial charge >= 0.3 is 6.03 Å². The van der Waals surface area contributed by atoms with Gasteiger partial charge in [0, 0.05) is 33.1 Å². The molecule has 2 rings (SSSR count). The van der Waals surface area contributed by atoms with E-state index in [9.17, 15) is 4.79 Å². The number of nitrogens with zero attached hydrogens (tertiary/aromatic N) is 4. The largest absolute Gasteiger partial charge is 0.338 e. The Kier molecular flexibility index (Phi) is 3.38. The molecule has 0 bridgehead atoms. The van der Waals surface area contributed by atoms with Crippen LogP contribution in [0.1, 0.15) is 18.7 Å². The number of nitrogens with one attached hydrogen (secondary N) is 1. The average Bonchev–Trinajstić information content (AvgIpc) is 2.89. The molecular formula is C10H17N5O. The summed E-state index contributed by atoms with van der Waals surface area (Å²) in [5.74, 6) is 0.768. The highest BCUT2D eigenvalue weighted by Crippen LogP contribution is 2.06. The van der Waals surface area contributed by atoms with Crippen molar-refractivity contribution >= 4 is 6.03 Å². The van der Waals surface area contributed by atoms with E-state index in [0.29, 0.717) is 13.0 Å². The van der Waals surface area contributed by atoms with Crippen LogP contribution in [0.2, 0.25) is 0 Å². The van der Waals surface area contributed by atoms with E-state index in [2.05, 4.69) is 15.4 Å². The zero-order valence-electron chi connectivity index (χ0n) is 9.52. The minimum absolute atomic E-state index is 0.0356. The van der Waals surface area contributed by atoms with E-state index in [1.165, 1.54) is 0 Å². The van der Waals surface area contributed by atoms with Crippen molar-refractivity contribution < 1.29 is 4.79 Å². The number of amides is 2. The van der Waals surface area contributed by atoms with Crippen molar-refractivity contribution in [3.8, 4) is 0 Å². The predicted molar refractivity (Wildman–Crippen MR) is 58.9 cm³/mol. The Balaban J connectivity index is 1.69. The second-order valence-corrected chi connectivity index (χ2v) is 4.01. The molecule has 0 unspecified atom stereocenters. The molecule has 1 aliphatic heterocycles. The van der Waals surface area contributed by atoms with E-state index < -0.39 is 0 Å². The van der Waals surface area contributed by atoms with Gasteiger partial charge < -0.3 is 10.2 Å². The first kappa shape index (κ1) is 10.9. The Bertz CT molecular complexity index is 356. The molecule has 6 nitrogen and oxygen atoms in total. The summed E-state index contributed by atoms with van der Waals surface area (Å²) >= 11 is 0. The van der Waals surface area contributed by atoms with Crippen LogP contribution >= 0.6 is 0 Å². The lowest BCUT2D eigenvalue weighted by molar-refractivity contribution is 0.209. The fourth-order valence-corrected chi connectivity index (χ4v) is 1.81. The molecule has 0 radical (unpaired) electrons. The molecule has 1 fully saturated rings. The highest BCUT2D eigenvalue weighted by atomic mass is 16.2. The molecule has 88 valence electrons. The van der Waals surface area contributed by atoms with Gasteiger partial charge in [-0.25, -0.2) is 9.78 Å². The van der Waals surface area contributed by atoms with Crippen LogP contribution < -0.4 is 5.32 Å². The van der Waals surface area contributed by atoms with Crippen LogP contribution in [-0.4, -0.2) is 45.3 Å². The van der Waals surface area contributed by atoms with E-state index in [-0.39, 0.29) is 6.03 Å². The van der Waals surface area contributed by atoms with Crippen LogP contribution in [0.3, 0.4) is 0 Å². The van der Waals surface area contributed by atoms with Gasteiger partial charge in [-0.3, -0.25) is 4.68 Å². The summed E-state index contributed by atoms with van der Waals surface area (Å²) in [6.45, 7) is 2.36. The van der Waals surface area contributed by atoms with E-state index in [1.807, 2.05) is 11.9 Å². The second-order valence-electron chi connectivity index (χ2n) is 4.01. The average molecular weight is 223 g/mol. The molecule has 0 aliphatic carbocycles. The molecule has 6 heteroatoms. The monoisotopic (exact) mass is 223 g/mol. The molecule has 1 saturated heterocycles. The van der Waals surface area contributed by atoms with Crippen molar-refractivity contribution in [1.82, 2.24) is 25.0 Å². The van der Waals surface area contributed by atoms with Gasteiger partial charge in [0.2, 0.25) is 0 Å². The molecule has 0 saturated carbocycles. The van der Waals surface area contributed by atoms with Gasteiger partial charge in [-0.15, -0.1) is 0 Å². The van der Waals surface area contributed by atoms with Crippen LogP contribution in [0.15, 0.2) is 6.33 Å². The van der Waals surface area contributed by atoms with Crippen molar-refractivity contribution in [1.29, 1.82) is 0 Å². The number of aromatic nitrogens is 3. The molecule has 2 amide bonds. The first-order valence-electron chi connectivity index (χ1n) is 5.63. The zero-order chi connectivity index (χ0) is 11.4. The first-order chi connectivity index (χ1) is 7.75. The third kappa shape index (κ3) is 2.71. The molecule has 1 aliphatic rings. The second kappa shape index (κ2) is 4.96. The molecular weight excluding hydrogens is 206 g/mol. The lowest BCUT2D eigenvalue weighted by atomic mass is 10.4. The fourth-order valence-electron chi connectivity index (χ4n) is 1.81.